The smallest absolute Gasteiger partial charge is 0.273 e. The Morgan fingerprint density at radius 1 is 0.919 bits per heavy atom. The number of nitro groups is 1. The van der Waals surface area contributed by atoms with Crippen LogP contribution < -0.4 is 15.5 Å². The Morgan fingerprint density at radius 2 is 1.59 bits per heavy atom. The largest absolute Gasteiger partial charge is 0.368 e. The van der Waals surface area contributed by atoms with Crippen LogP contribution in [0.25, 0.3) is 0 Å². The van der Waals surface area contributed by atoms with Gasteiger partial charge in [0.15, 0.2) is 5.11 Å². The first-order chi connectivity index (χ1) is 17.7. The van der Waals surface area contributed by atoms with Gasteiger partial charge >= 0.3 is 0 Å². The molecule has 0 bridgehead atoms. The van der Waals surface area contributed by atoms with Gasteiger partial charge in [0.25, 0.3) is 17.5 Å². The highest BCUT2D eigenvalue weighted by Gasteiger charge is 2.23. The molecular formula is C27H27N5O4S. The Labute approximate surface area is 220 Å². The van der Waals surface area contributed by atoms with Gasteiger partial charge < -0.3 is 15.1 Å². The summed E-state index contributed by atoms with van der Waals surface area (Å²) in [4.78, 5) is 40.1. The van der Waals surface area contributed by atoms with Crippen LogP contribution in [0.4, 0.5) is 17.1 Å². The van der Waals surface area contributed by atoms with Crippen molar-refractivity contribution in [3.63, 3.8) is 0 Å². The fraction of sp³-hybridized carbons (Fsp3) is 0.222. The molecule has 0 aliphatic carbocycles. The van der Waals surface area contributed by atoms with Gasteiger partial charge in [-0.25, -0.2) is 0 Å². The molecule has 1 fully saturated rings. The summed E-state index contributed by atoms with van der Waals surface area (Å²) in [7, 11) is 0. The van der Waals surface area contributed by atoms with Gasteiger partial charge in [-0.2, -0.15) is 0 Å². The number of nitro benzene ring substituents is 1. The van der Waals surface area contributed by atoms with Crippen molar-refractivity contribution in [3.05, 3.63) is 99.1 Å². The number of carbonyl (C=O) groups excluding carboxylic acids is 2. The minimum absolute atomic E-state index is 0.0631. The molecule has 1 aliphatic heterocycles. The number of amides is 2. The summed E-state index contributed by atoms with van der Waals surface area (Å²) in [6.45, 7) is 6.29. The van der Waals surface area contributed by atoms with Gasteiger partial charge in [0, 0.05) is 60.3 Å². The van der Waals surface area contributed by atoms with E-state index in [2.05, 4.69) is 15.5 Å². The number of hydrogen-bond donors (Lipinski definition) is 2. The average Bonchev–Trinajstić information content (AvgIpc) is 2.89. The van der Waals surface area contributed by atoms with Crippen molar-refractivity contribution in [1.82, 2.24) is 10.2 Å². The average molecular weight is 518 g/mol. The Kier molecular flexibility index (Phi) is 7.78. The molecule has 2 amide bonds. The Balaban J connectivity index is 1.30. The summed E-state index contributed by atoms with van der Waals surface area (Å²) in [6, 6.07) is 19.5. The highest BCUT2D eigenvalue weighted by molar-refractivity contribution is 7.80. The molecule has 37 heavy (non-hydrogen) atoms. The van der Waals surface area contributed by atoms with E-state index in [1.807, 2.05) is 60.4 Å². The molecule has 0 aromatic heterocycles. The first kappa shape index (κ1) is 25.8. The summed E-state index contributed by atoms with van der Waals surface area (Å²) >= 11 is 5.24. The molecule has 0 saturated carbocycles. The molecule has 1 heterocycles. The molecule has 1 saturated heterocycles. The maximum atomic E-state index is 12.9. The van der Waals surface area contributed by atoms with Crippen molar-refractivity contribution in [1.29, 1.82) is 0 Å². The van der Waals surface area contributed by atoms with E-state index in [9.17, 15) is 19.7 Å². The van der Waals surface area contributed by atoms with E-state index in [4.69, 9.17) is 12.2 Å². The number of thiocarbonyl (C=S) groups is 1. The minimum atomic E-state index is -0.532. The van der Waals surface area contributed by atoms with Gasteiger partial charge in [-0.15, -0.1) is 0 Å². The second-order valence-electron chi connectivity index (χ2n) is 8.81. The first-order valence-corrected chi connectivity index (χ1v) is 12.2. The molecule has 10 heteroatoms. The molecule has 2 N–H and O–H groups in total. The SMILES string of the molecule is Cc1ccccc1C(=O)N1CCN(c2ccc(NC(=S)NC(=O)c3ccc(C)c([N+](=O)[O-])c3)cc2)CC1. The molecular weight excluding hydrogens is 490 g/mol. The fourth-order valence-corrected chi connectivity index (χ4v) is 4.40. The van der Waals surface area contributed by atoms with E-state index in [1.54, 1.807) is 6.92 Å². The summed E-state index contributed by atoms with van der Waals surface area (Å²) in [6.07, 6.45) is 0. The minimum Gasteiger partial charge on any atom is -0.368 e. The quantitative estimate of drug-likeness (QED) is 0.295. The van der Waals surface area contributed by atoms with Gasteiger partial charge in [-0.1, -0.05) is 24.3 Å². The van der Waals surface area contributed by atoms with E-state index >= 15 is 0 Å². The number of piperazine rings is 1. The van der Waals surface area contributed by atoms with Crippen LogP contribution in [0.5, 0.6) is 0 Å². The van der Waals surface area contributed by atoms with Gasteiger partial charge in [0.1, 0.15) is 0 Å². The fourth-order valence-electron chi connectivity index (χ4n) is 4.19. The summed E-state index contributed by atoms with van der Waals surface area (Å²) in [5.74, 6) is -0.469. The molecule has 3 aromatic carbocycles. The third kappa shape index (κ3) is 6.10. The van der Waals surface area contributed by atoms with Gasteiger partial charge in [-0.3, -0.25) is 25.0 Å². The van der Waals surface area contributed by atoms with E-state index < -0.39 is 10.8 Å². The van der Waals surface area contributed by atoms with Crippen LogP contribution >= 0.6 is 12.2 Å². The lowest BCUT2D eigenvalue weighted by Crippen LogP contribution is -2.48. The van der Waals surface area contributed by atoms with Gasteiger partial charge in [-0.05, 0) is 68.0 Å². The van der Waals surface area contributed by atoms with Crippen LogP contribution in [0, 0.1) is 24.0 Å². The van der Waals surface area contributed by atoms with Crippen LogP contribution in [0.2, 0.25) is 0 Å². The molecule has 0 unspecified atom stereocenters. The number of nitrogens with one attached hydrogen (secondary N) is 2. The highest BCUT2D eigenvalue weighted by Crippen LogP contribution is 2.22. The van der Waals surface area contributed by atoms with Crippen molar-refractivity contribution in [3.8, 4) is 0 Å². The van der Waals surface area contributed by atoms with Crippen LogP contribution in [-0.2, 0) is 0 Å². The number of carbonyl (C=O) groups is 2. The Bertz CT molecular complexity index is 1350. The summed E-state index contributed by atoms with van der Waals surface area (Å²) in [5, 5.41) is 16.7. The Hall–Kier alpha value is -4.31. The van der Waals surface area contributed by atoms with E-state index in [-0.39, 0.29) is 22.3 Å². The standard InChI is InChI=1S/C27H27N5O4S/c1-18-5-3-4-6-23(18)26(34)31-15-13-30(14-16-31)22-11-9-21(10-12-22)28-27(37)29-25(33)20-8-7-19(2)24(17-20)32(35)36/h3-12,17H,13-16H2,1-2H3,(H2,28,29,33,37). The van der Waals surface area contributed by atoms with Crippen molar-refractivity contribution in [2.45, 2.75) is 13.8 Å². The number of aryl methyl sites for hydroxylation is 2. The molecule has 190 valence electrons. The molecule has 1 aliphatic rings. The van der Waals surface area contributed by atoms with E-state index in [0.29, 0.717) is 24.3 Å². The summed E-state index contributed by atoms with van der Waals surface area (Å²) < 4.78 is 0. The lowest BCUT2D eigenvalue weighted by Gasteiger charge is -2.36. The van der Waals surface area contributed by atoms with Crippen molar-refractivity contribution < 1.29 is 14.5 Å². The van der Waals surface area contributed by atoms with Crippen LogP contribution in [0.15, 0.2) is 66.7 Å². The van der Waals surface area contributed by atoms with E-state index in [0.717, 1.165) is 29.9 Å². The monoisotopic (exact) mass is 517 g/mol. The number of hydrogen-bond acceptors (Lipinski definition) is 6. The van der Waals surface area contributed by atoms with Crippen LogP contribution in [-0.4, -0.2) is 52.9 Å². The molecule has 0 radical (unpaired) electrons. The second-order valence-corrected chi connectivity index (χ2v) is 9.22. The van der Waals surface area contributed by atoms with Gasteiger partial charge in [0.2, 0.25) is 0 Å². The molecule has 0 atom stereocenters. The van der Waals surface area contributed by atoms with Crippen LogP contribution in [0.3, 0.4) is 0 Å². The summed E-state index contributed by atoms with van der Waals surface area (Å²) in [5.41, 5.74) is 3.94. The maximum Gasteiger partial charge on any atom is 0.273 e. The molecule has 0 spiro atoms. The predicted molar refractivity (Wildman–Crippen MR) is 147 cm³/mol. The van der Waals surface area contributed by atoms with Crippen molar-refractivity contribution in [2.24, 2.45) is 0 Å². The number of benzene rings is 3. The van der Waals surface area contributed by atoms with Crippen molar-refractivity contribution >= 4 is 46.2 Å². The van der Waals surface area contributed by atoms with E-state index in [1.165, 1.54) is 18.2 Å². The molecule has 3 aromatic rings. The zero-order chi connectivity index (χ0) is 26.5. The third-order valence-electron chi connectivity index (χ3n) is 6.33. The number of nitrogens with zero attached hydrogens (tertiary/aromatic N) is 3. The zero-order valence-electron chi connectivity index (χ0n) is 20.6. The topological polar surface area (TPSA) is 108 Å². The number of anilines is 2. The number of rotatable bonds is 5. The van der Waals surface area contributed by atoms with Crippen molar-refractivity contribution in [2.75, 3.05) is 36.4 Å². The zero-order valence-corrected chi connectivity index (χ0v) is 21.4. The highest BCUT2D eigenvalue weighted by atomic mass is 32.1. The molecule has 9 nitrogen and oxygen atoms in total. The first-order valence-electron chi connectivity index (χ1n) is 11.8. The molecule has 4 rings (SSSR count). The Morgan fingerprint density at radius 3 is 2.24 bits per heavy atom. The lowest BCUT2D eigenvalue weighted by molar-refractivity contribution is -0.385. The lowest BCUT2D eigenvalue weighted by atomic mass is 10.1. The van der Waals surface area contributed by atoms with Gasteiger partial charge in [0.05, 0.1) is 4.92 Å². The maximum absolute atomic E-state index is 12.9. The normalized spacial score (nSPS) is 13.1. The predicted octanol–water partition coefficient (Wildman–Crippen LogP) is 4.30. The second kappa shape index (κ2) is 11.2. The van der Waals surface area contributed by atoms with Crippen LogP contribution in [0.1, 0.15) is 31.8 Å². The third-order valence-corrected chi connectivity index (χ3v) is 6.53.